The van der Waals surface area contributed by atoms with E-state index in [1.54, 1.807) is 11.3 Å². The van der Waals surface area contributed by atoms with Gasteiger partial charge in [0.1, 0.15) is 0 Å². The molecule has 4 nitrogen and oxygen atoms in total. The van der Waals surface area contributed by atoms with Crippen LogP contribution in [0.3, 0.4) is 0 Å². The van der Waals surface area contributed by atoms with Gasteiger partial charge in [0.25, 0.3) is 0 Å². The number of aryl methyl sites for hydroxylation is 1. The van der Waals surface area contributed by atoms with Gasteiger partial charge < -0.3 is 0 Å². The standard InChI is InChI=1S/C13H20N4S2/c1-6-8(4)17-11(15-16-13(17)18)10-9(5)14-12(19-10)7(2)3/h7-8H,6H2,1-5H3,(H,16,18). The SMILES string of the molecule is CCC(C)n1c(-c2sc(C(C)C)nc2C)n[nH]c1=S. The predicted octanol–water partition coefficient (Wildman–Crippen LogP) is 4.47. The van der Waals surface area contributed by atoms with Crippen LogP contribution in [0, 0.1) is 11.7 Å². The van der Waals surface area contributed by atoms with E-state index in [1.165, 1.54) is 0 Å². The van der Waals surface area contributed by atoms with Crippen molar-refractivity contribution in [3.05, 3.63) is 15.5 Å². The van der Waals surface area contributed by atoms with Crippen LogP contribution in [0.2, 0.25) is 0 Å². The number of aromatic amines is 1. The molecule has 2 aromatic heterocycles. The minimum absolute atomic E-state index is 0.338. The van der Waals surface area contributed by atoms with E-state index in [0.29, 0.717) is 16.7 Å². The maximum Gasteiger partial charge on any atom is 0.195 e. The summed E-state index contributed by atoms with van der Waals surface area (Å²) in [7, 11) is 0. The second-order valence-corrected chi connectivity index (χ2v) is 6.52. The fraction of sp³-hybridized carbons (Fsp3) is 0.615. The van der Waals surface area contributed by atoms with Gasteiger partial charge >= 0.3 is 0 Å². The van der Waals surface area contributed by atoms with Crippen LogP contribution in [0.1, 0.15) is 56.8 Å². The lowest BCUT2D eigenvalue weighted by atomic mass is 10.2. The molecule has 0 aromatic carbocycles. The molecule has 0 fully saturated rings. The summed E-state index contributed by atoms with van der Waals surface area (Å²) in [5.74, 6) is 1.36. The van der Waals surface area contributed by atoms with Crippen LogP contribution in [-0.4, -0.2) is 19.7 Å². The van der Waals surface area contributed by atoms with Crippen molar-refractivity contribution < 1.29 is 0 Å². The van der Waals surface area contributed by atoms with E-state index in [0.717, 1.165) is 27.8 Å². The molecule has 0 radical (unpaired) electrons. The number of nitrogens with zero attached hydrogens (tertiary/aromatic N) is 3. The van der Waals surface area contributed by atoms with Crippen molar-refractivity contribution in [1.29, 1.82) is 0 Å². The lowest BCUT2D eigenvalue weighted by Crippen LogP contribution is -2.06. The zero-order chi connectivity index (χ0) is 14.2. The molecule has 1 N–H and O–H groups in total. The number of hydrogen-bond acceptors (Lipinski definition) is 4. The molecule has 0 spiro atoms. The van der Waals surface area contributed by atoms with Crippen LogP contribution >= 0.6 is 23.6 Å². The van der Waals surface area contributed by atoms with Crippen LogP contribution in [0.4, 0.5) is 0 Å². The first kappa shape index (κ1) is 14.4. The minimum Gasteiger partial charge on any atom is -0.297 e. The molecule has 0 aliphatic carbocycles. The first-order chi connectivity index (χ1) is 8.95. The van der Waals surface area contributed by atoms with Crippen LogP contribution in [-0.2, 0) is 0 Å². The molecule has 1 unspecified atom stereocenters. The zero-order valence-corrected chi connectivity index (χ0v) is 13.7. The number of rotatable bonds is 4. The first-order valence-corrected chi connectivity index (χ1v) is 7.82. The molecular formula is C13H20N4S2. The Kier molecular flexibility index (Phi) is 4.20. The van der Waals surface area contributed by atoms with Crippen molar-refractivity contribution >= 4 is 23.6 Å². The monoisotopic (exact) mass is 296 g/mol. The fourth-order valence-corrected chi connectivity index (χ4v) is 3.30. The molecule has 0 saturated carbocycles. The van der Waals surface area contributed by atoms with Crippen LogP contribution < -0.4 is 0 Å². The lowest BCUT2D eigenvalue weighted by Gasteiger charge is -2.12. The largest absolute Gasteiger partial charge is 0.297 e. The Hall–Kier alpha value is -1.01. The van der Waals surface area contributed by atoms with Crippen molar-refractivity contribution in [2.24, 2.45) is 0 Å². The minimum atomic E-state index is 0.338. The molecule has 19 heavy (non-hydrogen) atoms. The average Bonchev–Trinajstić information content (AvgIpc) is 2.91. The quantitative estimate of drug-likeness (QED) is 0.847. The van der Waals surface area contributed by atoms with Crippen molar-refractivity contribution in [2.45, 2.75) is 53.0 Å². The first-order valence-electron chi connectivity index (χ1n) is 6.60. The predicted molar refractivity (Wildman–Crippen MR) is 82.3 cm³/mol. The smallest absolute Gasteiger partial charge is 0.195 e. The average molecular weight is 296 g/mol. The summed E-state index contributed by atoms with van der Waals surface area (Å²) in [4.78, 5) is 5.76. The van der Waals surface area contributed by atoms with Gasteiger partial charge in [-0.25, -0.2) is 4.98 Å². The summed E-state index contributed by atoms with van der Waals surface area (Å²) in [6.45, 7) is 10.7. The Labute approximate surface area is 122 Å². The summed E-state index contributed by atoms with van der Waals surface area (Å²) in [6.07, 6.45) is 1.02. The Morgan fingerprint density at radius 3 is 2.58 bits per heavy atom. The number of nitrogens with one attached hydrogen (secondary N) is 1. The third-order valence-electron chi connectivity index (χ3n) is 3.25. The summed E-state index contributed by atoms with van der Waals surface area (Å²) in [5, 5.41) is 8.47. The van der Waals surface area contributed by atoms with Gasteiger partial charge in [0, 0.05) is 12.0 Å². The van der Waals surface area contributed by atoms with Crippen LogP contribution in [0.25, 0.3) is 10.7 Å². The molecule has 104 valence electrons. The van der Waals surface area contributed by atoms with Gasteiger partial charge in [-0.15, -0.1) is 11.3 Å². The van der Waals surface area contributed by atoms with Gasteiger partial charge in [-0.2, -0.15) is 5.10 Å². The van der Waals surface area contributed by atoms with Crippen LogP contribution in [0.5, 0.6) is 0 Å². The Balaban J connectivity index is 2.56. The van der Waals surface area contributed by atoms with E-state index in [9.17, 15) is 0 Å². The molecule has 2 rings (SSSR count). The molecule has 0 aliphatic rings. The Morgan fingerprint density at radius 2 is 2.05 bits per heavy atom. The van der Waals surface area contributed by atoms with Crippen molar-refractivity contribution in [3.8, 4) is 10.7 Å². The summed E-state index contributed by atoms with van der Waals surface area (Å²) in [6, 6.07) is 0.338. The van der Waals surface area contributed by atoms with Gasteiger partial charge in [0.05, 0.1) is 15.6 Å². The van der Waals surface area contributed by atoms with Gasteiger partial charge in [0.2, 0.25) is 0 Å². The number of hydrogen-bond donors (Lipinski definition) is 1. The maximum absolute atomic E-state index is 5.35. The highest BCUT2D eigenvalue weighted by molar-refractivity contribution is 7.71. The summed E-state index contributed by atoms with van der Waals surface area (Å²) >= 11 is 7.06. The van der Waals surface area contributed by atoms with Gasteiger partial charge in [-0.05, 0) is 32.5 Å². The molecule has 6 heteroatoms. The van der Waals surface area contributed by atoms with E-state index in [-0.39, 0.29) is 0 Å². The zero-order valence-electron chi connectivity index (χ0n) is 12.0. The van der Waals surface area contributed by atoms with Gasteiger partial charge in [-0.1, -0.05) is 20.8 Å². The second-order valence-electron chi connectivity index (χ2n) is 5.10. The maximum atomic E-state index is 5.35. The summed E-state index contributed by atoms with van der Waals surface area (Å²) < 4.78 is 2.78. The van der Waals surface area contributed by atoms with E-state index in [1.807, 2.05) is 6.92 Å². The van der Waals surface area contributed by atoms with Crippen molar-refractivity contribution in [1.82, 2.24) is 19.7 Å². The summed E-state index contributed by atoms with van der Waals surface area (Å²) in [5.41, 5.74) is 1.03. The van der Waals surface area contributed by atoms with Crippen LogP contribution in [0.15, 0.2) is 0 Å². The van der Waals surface area contributed by atoms with E-state index in [4.69, 9.17) is 12.2 Å². The highest BCUT2D eigenvalue weighted by atomic mass is 32.1. The molecular weight excluding hydrogens is 276 g/mol. The van der Waals surface area contributed by atoms with Gasteiger partial charge in [0.15, 0.2) is 10.6 Å². The third-order valence-corrected chi connectivity index (χ3v) is 4.99. The normalized spacial score (nSPS) is 13.2. The third kappa shape index (κ3) is 2.65. The van der Waals surface area contributed by atoms with E-state index in [2.05, 4.69) is 47.4 Å². The van der Waals surface area contributed by atoms with Gasteiger partial charge in [-0.3, -0.25) is 9.67 Å². The van der Waals surface area contributed by atoms with E-state index >= 15 is 0 Å². The molecule has 1 atom stereocenters. The number of H-pyrrole nitrogens is 1. The topological polar surface area (TPSA) is 46.5 Å². The molecule has 0 aliphatic heterocycles. The molecule has 0 saturated heterocycles. The number of aromatic nitrogens is 4. The highest BCUT2D eigenvalue weighted by Crippen LogP contribution is 2.33. The molecule has 0 bridgehead atoms. The molecule has 0 amide bonds. The second kappa shape index (κ2) is 5.54. The highest BCUT2D eigenvalue weighted by Gasteiger charge is 2.19. The molecule has 2 heterocycles. The van der Waals surface area contributed by atoms with Crippen molar-refractivity contribution in [2.75, 3.05) is 0 Å². The van der Waals surface area contributed by atoms with E-state index < -0.39 is 0 Å². The van der Waals surface area contributed by atoms with Crippen molar-refractivity contribution in [3.63, 3.8) is 0 Å². The Bertz CT molecular complexity index is 621. The Morgan fingerprint density at radius 1 is 1.37 bits per heavy atom. The number of thiazole rings is 1. The molecule has 2 aromatic rings. The fourth-order valence-electron chi connectivity index (χ4n) is 1.93. The lowest BCUT2D eigenvalue weighted by molar-refractivity contribution is 0.529.